The van der Waals surface area contributed by atoms with Gasteiger partial charge in [0.2, 0.25) is 5.82 Å². The van der Waals surface area contributed by atoms with Crippen LogP contribution in [-0.4, -0.2) is 41.7 Å². The number of H-pyrrole nitrogens is 2. The Bertz CT molecular complexity index is 992. The number of nitrogens with one attached hydrogen (secondary N) is 3. The second-order valence-corrected chi connectivity index (χ2v) is 5.04. The van der Waals surface area contributed by atoms with Crippen LogP contribution in [0.15, 0.2) is 42.6 Å². The summed E-state index contributed by atoms with van der Waals surface area (Å²) in [5.74, 6) is 0.138. The molecule has 0 aliphatic heterocycles. The number of nitrogens with zero attached hydrogens (tertiary/aromatic N) is 5. The topological polar surface area (TPSA) is 125 Å². The van der Waals surface area contributed by atoms with Crippen molar-refractivity contribution in [3.8, 4) is 11.4 Å². The number of carbonyl (C=O) groups is 1. The lowest BCUT2D eigenvalue weighted by Gasteiger charge is -2.07. The van der Waals surface area contributed by atoms with Crippen molar-refractivity contribution in [2.24, 2.45) is 0 Å². The first kappa shape index (κ1) is 14.0. The third-order valence-electron chi connectivity index (χ3n) is 3.59. The number of aromatic amines is 2. The summed E-state index contributed by atoms with van der Waals surface area (Å²) in [6.07, 6.45) is 1.67. The Kier molecular flexibility index (Phi) is 3.43. The lowest BCUT2D eigenvalue weighted by Crippen LogP contribution is -2.23. The number of carbonyl (C=O) groups excluding carboxylic acids is 1. The van der Waals surface area contributed by atoms with Crippen molar-refractivity contribution in [1.82, 2.24) is 41.1 Å². The minimum Gasteiger partial charge on any atom is -0.346 e. The van der Waals surface area contributed by atoms with E-state index in [1.54, 1.807) is 24.4 Å². The lowest BCUT2D eigenvalue weighted by atomic mass is 10.1. The molecule has 0 bridgehead atoms. The van der Waals surface area contributed by atoms with Crippen LogP contribution < -0.4 is 5.32 Å². The Balaban J connectivity index is 1.57. The summed E-state index contributed by atoms with van der Waals surface area (Å²) in [5, 5.41) is 24.5. The van der Waals surface area contributed by atoms with Crippen molar-refractivity contribution in [2.75, 3.05) is 0 Å². The molecule has 9 nitrogen and oxygen atoms in total. The van der Waals surface area contributed by atoms with Gasteiger partial charge in [0, 0.05) is 17.1 Å². The number of fused-ring (bicyclic) bond motifs is 1. The van der Waals surface area contributed by atoms with E-state index in [1.165, 1.54) is 0 Å². The van der Waals surface area contributed by atoms with Gasteiger partial charge >= 0.3 is 0 Å². The molecule has 0 saturated carbocycles. The summed E-state index contributed by atoms with van der Waals surface area (Å²) in [6.45, 7) is 0.307. The minimum atomic E-state index is -0.234. The fourth-order valence-corrected chi connectivity index (χ4v) is 2.45. The summed E-state index contributed by atoms with van der Waals surface area (Å²) < 4.78 is 0. The van der Waals surface area contributed by atoms with Crippen molar-refractivity contribution in [3.05, 3.63) is 53.9 Å². The molecule has 0 unspecified atom stereocenters. The molecule has 0 radical (unpaired) electrons. The second-order valence-electron chi connectivity index (χ2n) is 5.04. The zero-order valence-corrected chi connectivity index (χ0v) is 12.4. The number of amides is 1. The molecule has 0 fully saturated rings. The third-order valence-corrected chi connectivity index (χ3v) is 3.59. The molecule has 1 aromatic carbocycles. The van der Waals surface area contributed by atoms with Crippen LogP contribution in [0.2, 0.25) is 0 Å². The first-order valence-electron chi connectivity index (χ1n) is 7.22. The standard InChI is InChI=1S/C15H12N8O/c24-15(10-5-2-1-4-9(10)14-20-22-23-21-14)17-8-12-11-6-3-7-16-13(11)19-18-12/h1-7H,8H2,(H,17,24)(H,16,18,19)(H,20,21,22,23). The molecule has 3 heterocycles. The molecular weight excluding hydrogens is 308 g/mol. The highest BCUT2D eigenvalue weighted by Gasteiger charge is 2.15. The molecule has 1 amide bonds. The molecule has 0 aliphatic carbocycles. The van der Waals surface area contributed by atoms with E-state index >= 15 is 0 Å². The second kappa shape index (κ2) is 5.88. The molecule has 0 aliphatic rings. The maximum absolute atomic E-state index is 12.5. The van der Waals surface area contributed by atoms with Crippen LogP contribution in [0.3, 0.4) is 0 Å². The Labute approximate surface area is 135 Å². The van der Waals surface area contributed by atoms with Gasteiger partial charge in [-0.05, 0) is 23.4 Å². The van der Waals surface area contributed by atoms with Crippen molar-refractivity contribution >= 4 is 16.9 Å². The van der Waals surface area contributed by atoms with E-state index < -0.39 is 0 Å². The normalized spacial score (nSPS) is 10.8. The Morgan fingerprint density at radius 3 is 2.92 bits per heavy atom. The quantitative estimate of drug-likeness (QED) is 0.516. The van der Waals surface area contributed by atoms with E-state index in [0.717, 1.165) is 11.1 Å². The first-order chi connectivity index (χ1) is 11.8. The van der Waals surface area contributed by atoms with Gasteiger partial charge in [-0.1, -0.05) is 18.2 Å². The smallest absolute Gasteiger partial charge is 0.252 e. The molecule has 24 heavy (non-hydrogen) atoms. The highest BCUT2D eigenvalue weighted by Crippen LogP contribution is 2.19. The van der Waals surface area contributed by atoms with E-state index in [1.807, 2.05) is 18.2 Å². The van der Waals surface area contributed by atoms with E-state index in [9.17, 15) is 4.79 Å². The average molecular weight is 320 g/mol. The predicted molar refractivity (Wildman–Crippen MR) is 84.7 cm³/mol. The van der Waals surface area contributed by atoms with Gasteiger partial charge in [0.1, 0.15) is 0 Å². The van der Waals surface area contributed by atoms with Crippen LogP contribution in [0, 0.1) is 0 Å². The maximum atomic E-state index is 12.5. The highest BCUT2D eigenvalue weighted by atomic mass is 16.1. The molecule has 4 rings (SSSR count). The minimum absolute atomic E-state index is 0.234. The van der Waals surface area contributed by atoms with E-state index in [0.29, 0.717) is 29.1 Å². The molecule has 0 saturated heterocycles. The third kappa shape index (κ3) is 2.47. The average Bonchev–Trinajstić information content (AvgIpc) is 3.30. The van der Waals surface area contributed by atoms with Crippen molar-refractivity contribution in [2.45, 2.75) is 6.54 Å². The highest BCUT2D eigenvalue weighted by molar-refractivity contribution is 6.00. The summed E-state index contributed by atoms with van der Waals surface area (Å²) in [5.41, 5.74) is 2.50. The van der Waals surface area contributed by atoms with Crippen LogP contribution in [-0.2, 0) is 6.54 Å². The molecular formula is C15H12N8O. The zero-order valence-electron chi connectivity index (χ0n) is 12.4. The van der Waals surface area contributed by atoms with Gasteiger partial charge in [0.25, 0.3) is 5.91 Å². The molecule has 118 valence electrons. The van der Waals surface area contributed by atoms with Crippen molar-refractivity contribution in [1.29, 1.82) is 0 Å². The van der Waals surface area contributed by atoms with Crippen LogP contribution >= 0.6 is 0 Å². The fourth-order valence-electron chi connectivity index (χ4n) is 2.45. The van der Waals surface area contributed by atoms with Gasteiger partial charge in [-0.3, -0.25) is 9.89 Å². The van der Waals surface area contributed by atoms with E-state index in [2.05, 4.69) is 41.1 Å². The van der Waals surface area contributed by atoms with E-state index in [-0.39, 0.29) is 5.91 Å². The number of rotatable bonds is 4. The summed E-state index contributed by atoms with van der Waals surface area (Å²) in [4.78, 5) is 16.7. The van der Waals surface area contributed by atoms with Gasteiger partial charge in [-0.2, -0.15) is 10.3 Å². The number of hydrogen-bond donors (Lipinski definition) is 3. The maximum Gasteiger partial charge on any atom is 0.252 e. The Hall–Kier alpha value is -3.62. The van der Waals surface area contributed by atoms with Crippen LogP contribution in [0.1, 0.15) is 16.1 Å². The molecule has 3 aromatic heterocycles. The summed E-state index contributed by atoms with van der Waals surface area (Å²) >= 11 is 0. The largest absolute Gasteiger partial charge is 0.346 e. The van der Waals surface area contributed by atoms with Gasteiger partial charge < -0.3 is 5.32 Å². The number of aromatic nitrogens is 7. The first-order valence-corrected chi connectivity index (χ1v) is 7.22. The van der Waals surface area contributed by atoms with Crippen LogP contribution in [0.5, 0.6) is 0 Å². The number of benzene rings is 1. The molecule has 9 heteroatoms. The molecule has 0 atom stereocenters. The Morgan fingerprint density at radius 2 is 2.04 bits per heavy atom. The summed E-state index contributed by atoms with van der Waals surface area (Å²) in [6, 6.07) is 10.8. The summed E-state index contributed by atoms with van der Waals surface area (Å²) in [7, 11) is 0. The van der Waals surface area contributed by atoms with Crippen molar-refractivity contribution < 1.29 is 4.79 Å². The van der Waals surface area contributed by atoms with Crippen molar-refractivity contribution in [3.63, 3.8) is 0 Å². The van der Waals surface area contributed by atoms with Gasteiger partial charge in [0.15, 0.2) is 5.65 Å². The van der Waals surface area contributed by atoms with Gasteiger partial charge in [0.05, 0.1) is 17.8 Å². The lowest BCUT2D eigenvalue weighted by molar-refractivity contribution is 0.0951. The number of hydrogen-bond acceptors (Lipinski definition) is 6. The molecule has 4 aromatic rings. The van der Waals surface area contributed by atoms with Crippen LogP contribution in [0.25, 0.3) is 22.4 Å². The fraction of sp³-hybridized carbons (Fsp3) is 0.0667. The van der Waals surface area contributed by atoms with E-state index in [4.69, 9.17) is 0 Å². The monoisotopic (exact) mass is 320 g/mol. The SMILES string of the molecule is O=C(NCc1[nH]nc2ncccc12)c1ccccc1-c1nn[nH]n1. The Morgan fingerprint density at radius 1 is 1.12 bits per heavy atom. The van der Waals surface area contributed by atoms with Gasteiger partial charge in [-0.15, -0.1) is 10.2 Å². The molecule has 3 N–H and O–H groups in total. The number of pyridine rings is 1. The van der Waals surface area contributed by atoms with Crippen LogP contribution in [0.4, 0.5) is 0 Å². The van der Waals surface area contributed by atoms with Gasteiger partial charge in [-0.25, -0.2) is 4.98 Å². The predicted octanol–water partition coefficient (Wildman–Crippen LogP) is 1.07. The zero-order chi connectivity index (χ0) is 16.4. The number of tetrazole rings is 1. The molecule has 0 spiro atoms.